The van der Waals surface area contributed by atoms with Crippen LogP contribution in [0, 0.1) is 5.82 Å². The van der Waals surface area contributed by atoms with Crippen molar-refractivity contribution in [3.8, 4) is 0 Å². The summed E-state index contributed by atoms with van der Waals surface area (Å²) in [5.41, 5.74) is 3.09. The van der Waals surface area contributed by atoms with Gasteiger partial charge in [0.25, 0.3) is 0 Å². The molecule has 0 bridgehead atoms. The monoisotopic (exact) mass is 373 g/mol. The first-order chi connectivity index (χ1) is 13.0. The fourth-order valence-corrected chi connectivity index (χ4v) is 3.44. The van der Waals surface area contributed by atoms with E-state index >= 15 is 0 Å². The lowest BCUT2D eigenvalue weighted by Crippen LogP contribution is -2.33. The van der Waals surface area contributed by atoms with Gasteiger partial charge in [0.05, 0.1) is 30.7 Å². The number of hydrogen-bond donors (Lipinski definition) is 2. The van der Waals surface area contributed by atoms with Gasteiger partial charge in [-0.1, -0.05) is 0 Å². The Hall–Kier alpha value is -3.10. The highest BCUT2D eigenvalue weighted by molar-refractivity contribution is 5.90. The Balaban J connectivity index is 1.47. The Kier molecular flexibility index (Phi) is 4.43. The number of nitrogens with zero attached hydrogens (tertiary/aromatic N) is 3. The highest BCUT2D eigenvalue weighted by Gasteiger charge is 2.33. The van der Waals surface area contributed by atoms with E-state index in [4.69, 9.17) is 4.74 Å². The van der Waals surface area contributed by atoms with E-state index < -0.39 is 18.0 Å². The van der Waals surface area contributed by atoms with Crippen LogP contribution < -0.4 is 15.1 Å². The van der Waals surface area contributed by atoms with Crippen LogP contribution in [-0.2, 0) is 22.5 Å². The molecule has 0 saturated carbocycles. The molecule has 4 rings (SSSR count). The summed E-state index contributed by atoms with van der Waals surface area (Å²) < 4.78 is 20.0. The van der Waals surface area contributed by atoms with Crippen LogP contribution in [0.5, 0.6) is 0 Å². The molecular weight excluding hydrogens is 353 g/mol. The first-order valence-corrected chi connectivity index (χ1v) is 8.79. The van der Waals surface area contributed by atoms with Crippen LogP contribution >= 0.6 is 0 Å². The molecule has 1 aromatic heterocycles. The van der Waals surface area contributed by atoms with Crippen molar-refractivity contribution >= 4 is 23.4 Å². The number of carbonyl (C=O) groups is 2. The average Bonchev–Trinajstić information content (AvgIpc) is 3.25. The van der Waals surface area contributed by atoms with Gasteiger partial charge >= 0.3 is 6.09 Å². The molecule has 0 spiro atoms. The number of fused-ring (bicyclic) bond motifs is 1. The third kappa shape index (κ3) is 3.44. The predicted molar refractivity (Wildman–Crippen MR) is 96.0 cm³/mol. The first-order valence-electron chi connectivity index (χ1n) is 8.79. The number of ether oxygens (including phenoxy) is 1. The van der Waals surface area contributed by atoms with E-state index in [0.717, 1.165) is 17.7 Å². The normalized spacial score (nSPS) is 19.0. The second-order valence-corrected chi connectivity index (χ2v) is 6.73. The summed E-state index contributed by atoms with van der Waals surface area (Å²) in [6.45, 7) is 3.18. The number of nitrogens with one attached hydrogen (secondary N) is 2. The molecule has 27 heavy (non-hydrogen) atoms. The molecule has 0 radical (unpaired) electrons. The molecule has 0 aliphatic carbocycles. The largest absolute Gasteiger partial charge is 0.442 e. The molecule has 2 aromatic rings. The van der Waals surface area contributed by atoms with E-state index in [1.165, 1.54) is 17.9 Å². The van der Waals surface area contributed by atoms with Gasteiger partial charge < -0.3 is 15.0 Å². The lowest BCUT2D eigenvalue weighted by Gasteiger charge is -2.29. The number of aromatic amines is 1. The smallest absolute Gasteiger partial charge is 0.414 e. The zero-order valence-corrected chi connectivity index (χ0v) is 14.9. The van der Waals surface area contributed by atoms with Crippen LogP contribution in [-0.4, -0.2) is 47.9 Å². The van der Waals surface area contributed by atoms with Crippen LogP contribution in [0.1, 0.15) is 18.2 Å². The summed E-state index contributed by atoms with van der Waals surface area (Å²) >= 11 is 0. The number of H-pyrrole nitrogens is 1. The minimum absolute atomic E-state index is 0.192. The number of anilines is 2. The quantitative estimate of drug-likeness (QED) is 0.849. The van der Waals surface area contributed by atoms with Gasteiger partial charge in [0.15, 0.2) is 0 Å². The third-order valence-corrected chi connectivity index (χ3v) is 4.84. The number of carbonyl (C=O) groups excluding carboxylic acids is 2. The van der Waals surface area contributed by atoms with Gasteiger partial charge in [-0.3, -0.25) is 14.8 Å². The maximum atomic E-state index is 14.8. The molecule has 1 atom stereocenters. The first kappa shape index (κ1) is 17.3. The Labute approximate surface area is 155 Å². The van der Waals surface area contributed by atoms with E-state index in [1.807, 2.05) is 4.90 Å². The third-order valence-electron chi connectivity index (χ3n) is 4.84. The molecule has 2 aliphatic rings. The van der Waals surface area contributed by atoms with Crippen LogP contribution in [0.3, 0.4) is 0 Å². The molecule has 1 fully saturated rings. The number of amides is 2. The number of aromatic nitrogens is 2. The summed E-state index contributed by atoms with van der Waals surface area (Å²) in [4.78, 5) is 26.4. The van der Waals surface area contributed by atoms with E-state index in [2.05, 4.69) is 15.5 Å². The molecule has 3 heterocycles. The van der Waals surface area contributed by atoms with Crippen LogP contribution in [0.4, 0.5) is 20.6 Å². The Bertz CT molecular complexity index is 884. The molecule has 142 valence electrons. The second-order valence-electron chi connectivity index (χ2n) is 6.73. The molecule has 1 aromatic carbocycles. The van der Waals surface area contributed by atoms with Crippen LogP contribution in [0.2, 0.25) is 0 Å². The molecule has 2 amide bonds. The lowest BCUT2D eigenvalue weighted by atomic mass is 10.1. The van der Waals surface area contributed by atoms with Crippen molar-refractivity contribution in [2.45, 2.75) is 26.0 Å². The van der Waals surface area contributed by atoms with Crippen molar-refractivity contribution in [1.29, 1.82) is 0 Å². The van der Waals surface area contributed by atoms with E-state index in [9.17, 15) is 14.0 Å². The molecule has 0 unspecified atom stereocenters. The zero-order chi connectivity index (χ0) is 19.0. The van der Waals surface area contributed by atoms with Crippen molar-refractivity contribution in [3.63, 3.8) is 0 Å². The summed E-state index contributed by atoms with van der Waals surface area (Å²) in [7, 11) is 0. The number of halogens is 1. The fraction of sp³-hybridized carbons (Fsp3) is 0.389. The number of benzene rings is 1. The maximum Gasteiger partial charge on any atom is 0.414 e. The number of hydrogen-bond acceptors (Lipinski definition) is 5. The van der Waals surface area contributed by atoms with Crippen molar-refractivity contribution in [1.82, 2.24) is 15.5 Å². The average molecular weight is 373 g/mol. The summed E-state index contributed by atoms with van der Waals surface area (Å²) in [6.07, 6.45) is 1.55. The molecule has 9 heteroatoms. The SMILES string of the molecule is CC(=O)NC[C@H]1CN(c2ccc(N3CCc4[nH]ncc4C3)c(F)c2)C(=O)O1. The number of rotatable bonds is 4. The Morgan fingerprint density at radius 1 is 1.48 bits per heavy atom. The van der Waals surface area contributed by atoms with Gasteiger partial charge in [-0.2, -0.15) is 5.10 Å². The minimum Gasteiger partial charge on any atom is -0.442 e. The standard InChI is InChI=1S/C18H20FN5O3/c1-11(25)20-8-14-10-24(18(26)27-14)13-2-3-17(15(19)6-13)23-5-4-16-12(9-23)7-21-22-16/h2-3,6-7,14H,4-5,8-10H2,1H3,(H,20,25)(H,21,22)/t14-/m0/s1. The van der Waals surface area contributed by atoms with E-state index in [1.54, 1.807) is 18.3 Å². The van der Waals surface area contributed by atoms with Crippen molar-refractivity contribution in [3.05, 3.63) is 41.5 Å². The highest BCUT2D eigenvalue weighted by Crippen LogP contribution is 2.30. The topological polar surface area (TPSA) is 90.6 Å². The van der Waals surface area contributed by atoms with Crippen molar-refractivity contribution in [2.75, 3.05) is 29.4 Å². The van der Waals surface area contributed by atoms with Gasteiger partial charge in [-0.05, 0) is 18.2 Å². The van der Waals surface area contributed by atoms with Crippen LogP contribution in [0.25, 0.3) is 0 Å². The fourth-order valence-electron chi connectivity index (χ4n) is 3.44. The second kappa shape index (κ2) is 6.90. The Morgan fingerprint density at radius 2 is 2.33 bits per heavy atom. The van der Waals surface area contributed by atoms with E-state index in [-0.39, 0.29) is 19.0 Å². The molecule has 8 nitrogen and oxygen atoms in total. The summed E-state index contributed by atoms with van der Waals surface area (Å²) in [5.74, 6) is -0.584. The lowest BCUT2D eigenvalue weighted by molar-refractivity contribution is -0.119. The highest BCUT2D eigenvalue weighted by atomic mass is 19.1. The minimum atomic E-state index is -0.543. The van der Waals surface area contributed by atoms with E-state index in [0.29, 0.717) is 24.5 Å². The van der Waals surface area contributed by atoms with Gasteiger partial charge in [0, 0.05) is 37.7 Å². The van der Waals surface area contributed by atoms with Gasteiger partial charge in [-0.15, -0.1) is 0 Å². The Morgan fingerprint density at radius 3 is 3.11 bits per heavy atom. The van der Waals surface area contributed by atoms with Crippen LogP contribution in [0.15, 0.2) is 24.4 Å². The summed E-state index contributed by atoms with van der Waals surface area (Å²) in [6, 6.07) is 4.75. The molecular formula is C18H20FN5O3. The van der Waals surface area contributed by atoms with Crippen molar-refractivity contribution in [2.24, 2.45) is 0 Å². The number of cyclic esters (lactones) is 1. The van der Waals surface area contributed by atoms with Gasteiger partial charge in [-0.25, -0.2) is 9.18 Å². The van der Waals surface area contributed by atoms with Gasteiger partial charge in [0.1, 0.15) is 11.9 Å². The summed E-state index contributed by atoms with van der Waals surface area (Å²) in [5, 5.41) is 9.61. The maximum absolute atomic E-state index is 14.8. The predicted octanol–water partition coefficient (Wildman–Crippen LogP) is 1.57. The molecule has 2 aliphatic heterocycles. The molecule has 2 N–H and O–H groups in total. The van der Waals surface area contributed by atoms with Crippen molar-refractivity contribution < 1.29 is 18.7 Å². The van der Waals surface area contributed by atoms with Gasteiger partial charge in [0.2, 0.25) is 5.91 Å². The zero-order valence-electron chi connectivity index (χ0n) is 14.9. The molecule has 1 saturated heterocycles.